The molecule has 3 aromatic rings. The molecule has 36 heavy (non-hydrogen) atoms. The van der Waals surface area contributed by atoms with Crippen LogP contribution in [0.3, 0.4) is 0 Å². The minimum Gasteiger partial charge on any atom is -0.349 e. The van der Waals surface area contributed by atoms with Crippen LogP contribution in [-0.2, 0) is 27.3 Å². The quantitative estimate of drug-likeness (QED) is 0.477. The molecule has 4 rings (SSSR count). The molecule has 1 aliphatic heterocycles. The molecule has 2 atom stereocenters. The molecule has 13 heteroatoms. The Bertz CT molecular complexity index is 1350. The van der Waals surface area contributed by atoms with Crippen molar-refractivity contribution in [1.29, 1.82) is 0 Å². The molecule has 0 aliphatic carbocycles. The first-order valence-electron chi connectivity index (χ1n) is 10.8. The molecular formula is C23H21F4N5O3S. The second-order valence-electron chi connectivity index (χ2n) is 8.31. The largest absolute Gasteiger partial charge is 0.349 e. The number of halogens is 4. The van der Waals surface area contributed by atoms with Crippen LogP contribution in [0.2, 0.25) is 0 Å². The van der Waals surface area contributed by atoms with Gasteiger partial charge in [-0.2, -0.15) is 13.1 Å². The highest BCUT2D eigenvalue weighted by Crippen LogP contribution is 2.29. The van der Waals surface area contributed by atoms with E-state index in [2.05, 4.69) is 20.3 Å². The van der Waals surface area contributed by atoms with E-state index < -0.39 is 52.3 Å². The normalized spacial score (nSPS) is 18.8. The van der Waals surface area contributed by atoms with Crippen LogP contribution in [0.25, 0.3) is 11.1 Å². The van der Waals surface area contributed by atoms with Gasteiger partial charge in [0, 0.05) is 44.0 Å². The highest BCUT2D eigenvalue weighted by atomic mass is 32.2. The van der Waals surface area contributed by atoms with E-state index in [-0.39, 0.29) is 17.9 Å². The predicted molar refractivity (Wildman–Crippen MR) is 120 cm³/mol. The fourth-order valence-electron chi connectivity index (χ4n) is 3.76. The lowest BCUT2D eigenvalue weighted by atomic mass is 10.1. The maximum Gasteiger partial charge on any atom is 0.303 e. The Kier molecular flexibility index (Phi) is 7.05. The standard InChI is InChI=1S/C23H21F4N5O3S/c1-23(26,27)22-30-10-15(11-31-22)14-6-7-28-18(8-14)12-29-21(33)20-9-17(25)13-32(20)36(34,35)19-4-2-16(24)3-5-19/h2-8,10-11,17,20H,9,12-13H2,1H3,(H,29,33)/t17-,20+/m1/s1. The van der Waals surface area contributed by atoms with E-state index in [0.29, 0.717) is 23.7 Å². The first kappa shape index (κ1) is 25.6. The Morgan fingerprint density at radius 1 is 1.11 bits per heavy atom. The summed E-state index contributed by atoms with van der Waals surface area (Å²) in [5.74, 6) is -5.14. The molecule has 1 aliphatic rings. The first-order chi connectivity index (χ1) is 16.9. The van der Waals surface area contributed by atoms with Gasteiger partial charge in [-0.05, 0) is 42.0 Å². The number of sulfonamides is 1. The second kappa shape index (κ2) is 9.90. The lowest BCUT2D eigenvalue weighted by Crippen LogP contribution is -2.45. The number of hydrogen-bond donors (Lipinski definition) is 1. The Hall–Kier alpha value is -3.45. The summed E-state index contributed by atoms with van der Waals surface area (Å²) in [5.41, 5.74) is 1.39. The summed E-state index contributed by atoms with van der Waals surface area (Å²) < 4.78 is 80.7. The molecule has 190 valence electrons. The van der Waals surface area contributed by atoms with Crippen molar-refractivity contribution in [3.05, 3.63) is 72.3 Å². The van der Waals surface area contributed by atoms with E-state index in [1.807, 2.05) is 0 Å². The lowest BCUT2D eigenvalue weighted by Gasteiger charge is -2.23. The van der Waals surface area contributed by atoms with Crippen molar-refractivity contribution in [2.24, 2.45) is 0 Å². The molecule has 1 aromatic carbocycles. The predicted octanol–water partition coefficient (Wildman–Crippen LogP) is 3.21. The molecule has 1 fully saturated rings. The molecule has 0 bridgehead atoms. The van der Waals surface area contributed by atoms with Crippen molar-refractivity contribution in [1.82, 2.24) is 24.6 Å². The molecule has 8 nitrogen and oxygen atoms in total. The number of alkyl halides is 3. The molecule has 0 spiro atoms. The summed E-state index contributed by atoms with van der Waals surface area (Å²) in [5, 5.41) is 2.57. The van der Waals surface area contributed by atoms with Crippen molar-refractivity contribution in [3.63, 3.8) is 0 Å². The van der Waals surface area contributed by atoms with Gasteiger partial charge in [0.05, 0.1) is 17.1 Å². The number of carbonyl (C=O) groups excluding carboxylic acids is 1. The van der Waals surface area contributed by atoms with E-state index >= 15 is 0 Å². The summed E-state index contributed by atoms with van der Waals surface area (Å²) in [6.45, 7) is 0.0889. The molecule has 0 saturated carbocycles. The molecule has 3 heterocycles. The van der Waals surface area contributed by atoms with Crippen molar-refractivity contribution in [2.75, 3.05) is 6.54 Å². The summed E-state index contributed by atoms with van der Waals surface area (Å²) in [4.78, 5) is 24.1. The number of carbonyl (C=O) groups is 1. The number of aromatic nitrogens is 3. The Morgan fingerprint density at radius 3 is 2.42 bits per heavy atom. The van der Waals surface area contributed by atoms with Gasteiger partial charge >= 0.3 is 5.92 Å². The topological polar surface area (TPSA) is 105 Å². The van der Waals surface area contributed by atoms with Crippen molar-refractivity contribution < 1.29 is 30.8 Å². The summed E-state index contributed by atoms with van der Waals surface area (Å²) >= 11 is 0. The maximum absolute atomic E-state index is 14.2. The van der Waals surface area contributed by atoms with Gasteiger partial charge in [-0.15, -0.1) is 0 Å². The number of amides is 1. The number of hydrogen-bond acceptors (Lipinski definition) is 6. The van der Waals surface area contributed by atoms with Crippen molar-refractivity contribution in [3.8, 4) is 11.1 Å². The van der Waals surface area contributed by atoms with E-state index in [4.69, 9.17) is 0 Å². The monoisotopic (exact) mass is 523 g/mol. The van der Waals surface area contributed by atoms with Crippen LogP contribution in [0.4, 0.5) is 17.6 Å². The zero-order valence-corrected chi connectivity index (χ0v) is 19.7. The summed E-state index contributed by atoms with van der Waals surface area (Å²) in [6, 6.07) is 5.94. The Labute approximate surface area is 204 Å². The summed E-state index contributed by atoms with van der Waals surface area (Å²) in [7, 11) is -4.24. The average Bonchev–Trinajstić information content (AvgIpc) is 3.25. The van der Waals surface area contributed by atoms with E-state index in [1.165, 1.54) is 18.6 Å². The van der Waals surface area contributed by atoms with Crippen LogP contribution >= 0.6 is 0 Å². The zero-order valence-electron chi connectivity index (χ0n) is 18.9. The van der Waals surface area contributed by atoms with Gasteiger partial charge < -0.3 is 5.32 Å². The number of rotatable bonds is 7. The highest BCUT2D eigenvalue weighted by Gasteiger charge is 2.44. The first-order valence-corrected chi connectivity index (χ1v) is 12.2. The molecule has 1 amide bonds. The van der Waals surface area contributed by atoms with Gasteiger partial charge in [0.15, 0.2) is 5.82 Å². The SMILES string of the molecule is CC(F)(F)c1ncc(-c2ccnc(CNC(=O)[C@@H]3C[C@@H](F)CN3S(=O)(=O)c3ccc(F)cc3)c2)cn1. The van der Waals surface area contributed by atoms with Crippen LogP contribution in [-0.4, -0.2) is 52.3 Å². The molecule has 0 radical (unpaired) electrons. The number of benzene rings is 1. The number of nitrogens with zero attached hydrogens (tertiary/aromatic N) is 4. The smallest absolute Gasteiger partial charge is 0.303 e. The van der Waals surface area contributed by atoms with Crippen LogP contribution in [0.1, 0.15) is 24.9 Å². The van der Waals surface area contributed by atoms with Gasteiger partial charge in [0.1, 0.15) is 18.0 Å². The summed E-state index contributed by atoms with van der Waals surface area (Å²) in [6.07, 6.45) is 2.06. The van der Waals surface area contributed by atoms with Gasteiger partial charge in [-0.3, -0.25) is 9.78 Å². The Balaban J connectivity index is 1.46. The van der Waals surface area contributed by atoms with Crippen LogP contribution in [0.5, 0.6) is 0 Å². The molecular weight excluding hydrogens is 502 g/mol. The van der Waals surface area contributed by atoms with Gasteiger partial charge in [0.2, 0.25) is 15.9 Å². The minimum absolute atomic E-state index is 0.101. The fraction of sp³-hybridized carbons (Fsp3) is 0.304. The van der Waals surface area contributed by atoms with E-state index in [9.17, 15) is 30.8 Å². The zero-order chi connectivity index (χ0) is 26.1. The molecule has 1 saturated heterocycles. The van der Waals surface area contributed by atoms with Gasteiger partial charge in [-0.25, -0.2) is 27.2 Å². The average molecular weight is 524 g/mol. The number of nitrogens with one attached hydrogen (secondary N) is 1. The van der Waals surface area contributed by atoms with Crippen LogP contribution in [0.15, 0.2) is 59.9 Å². The third-order valence-electron chi connectivity index (χ3n) is 5.57. The minimum atomic E-state index is -4.24. The third-order valence-corrected chi connectivity index (χ3v) is 7.45. The van der Waals surface area contributed by atoms with Crippen LogP contribution < -0.4 is 5.32 Å². The highest BCUT2D eigenvalue weighted by molar-refractivity contribution is 7.89. The fourth-order valence-corrected chi connectivity index (χ4v) is 5.38. The van der Waals surface area contributed by atoms with E-state index in [0.717, 1.165) is 28.6 Å². The van der Waals surface area contributed by atoms with Crippen molar-refractivity contribution in [2.45, 2.75) is 42.9 Å². The lowest BCUT2D eigenvalue weighted by molar-refractivity contribution is -0.124. The van der Waals surface area contributed by atoms with Gasteiger partial charge in [0.25, 0.3) is 0 Å². The molecule has 0 unspecified atom stereocenters. The molecule has 2 aromatic heterocycles. The Morgan fingerprint density at radius 2 is 1.78 bits per heavy atom. The maximum atomic E-state index is 14.2. The van der Waals surface area contributed by atoms with Crippen LogP contribution in [0, 0.1) is 5.82 Å². The van der Waals surface area contributed by atoms with E-state index in [1.54, 1.807) is 12.1 Å². The van der Waals surface area contributed by atoms with Gasteiger partial charge in [-0.1, -0.05) is 0 Å². The number of pyridine rings is 1. The molecule has 1 N–H and O–H groups in total. The second-order valence-corrected chi connectivity index (χ2v) is 10.2. The van der Waals surface area contributed by atoms with Crippen molar-refractivity contribution >= 4 is 15.9 Å². The third kappa shape index (κ3) is 5.51.